The van der Waals surface area contributed by atoms with Crippen molar-refractivity contribution in [2.75, 3.05) is 11.6 Å². The van der Waals surface area contributed by atoms with E-state index in [0.29, 0.717) is 29.1 Å². The van der Waals surface area contributed by atoms with Gasteiger partial charge in [-0.3, -0.25) is 4.79 Å². The van der Waals surface area contributed by atoms with Crippen LogP contribution in [-0.4, -0.2) is 26.6 Å². The molecule has 168 valence electrons. The molecule has 0 bridgehead atoms. The van der Waals surface area contributed by atoms with Crippen LogP contribution >= 0.6 is 0 Å². The Hall–Kier alpha value is -3.91. The molecule has 0 aromatic heterocycles. The van der Waals surface area contributed by atoms with Crippen molar-refractivity contribution in [2.45, 2.75) is 18.7 Å². The first kappa shape index (κ1) is 22.3. The Kier molecular flexibility index (Phi) is 6.28. The van der Waals surface area contributed by atoms with E-state index in [2.05, 4.69) is 5.10 Å². The van der Waals surface area contributed by atoms with E-state index >= 15 is 0 Å². The highest BCUT2D eigenvalue weighted by atomic mass is 32.2. The maximum Gasteiger partial charge on any atom is 0.339 e. The van der Waals surface area contributed by atoms with E-state index in [1.165, 1.54) is 23.2 Å². The average Bonchev–Trinajstić information content (AvgIpc) is 3.10. The van der Waals surface area contributed by atoms with Gasteiger partial charge in [-0.15, -0.1) is 0 Å². The van der Waals surface area contributed by atoms with Crippen molar-refractivity contribution < 1.29 is 22.1 Å². The van der Waals surface area contributed by atoms with Crippen molar-refractivity contribution in [3.63, 3.8) is 0 Å². The average molecular weight is 463 g/mol. The van der Waals surface area contributed by atoms with Crippen LogP contribution < -0.4 is 13.9 Å². The molecule has 0 saturated heterocycles. The van der Waals surface area contributed by atoms with Crippen molar-refractivity contribution >= 4 is 33.5 Å². The van der Waals surface area contributed by atoms with Gasteiger partial charge in [0.05, 0.1) is 23.6 Å². The summed E-state index contributed by atoms with van der Waals surface area (Å²) in [4.78, 5) is 13.0. The fraction of sp³-hybridized carbons (Fsp3) is 0.120. The quantitative estimate of drug-likeness (QED) is 0.377. The Labute approximate surface area is 192 Å². The van der Waals surface area contributed by atoms with Crippen LogP contribution in [0.15, 0.2) is 94.4 Å². The molecule has 3 aromatic rings. The highest BCUT2D eigenvalue weighted by molar-refractivity contribution is 7.87. The molecular formula is C25H22N2O5S. The normalized spacial score (nSPS) is 15.0. The zero-order valence-electron chi connectivity index (χ0n) is 18.1. The van der Waals surface area contributed by atoms with Gasteiger partial charge in [-0.25, -0.2) is 0 Å². The van der Waals surface area contributed by atoms with E-state index in [0.717, 1.165) is 0 Å². The lowest BCUT2D eigenvalue weighted by atomic mass is 10.1. The van der Waals surface area contributed by atoms with Crippen LogP contribution in [0, 0.1) is 0 Å². The summed E-state index contributed by atoms with van der Waals surface area (Å²) >= 11 is 0. The van der Waals surface area contributed by atoms with Crippen molar-refractivity contribution in [1.29, 1.82) is 0 Å². The molecular weight excluding hydrogens is 440 g/mol. The van der Waals surface area contributed by atoms with Gasteiger partial charge in [-0.05, 0) is 61.9 Å². The molecule has 0 unspecified atom stereocenters. The van der Waals surface area contributed by atoms with Gasteiger partial charge >= 0.3 is 10.1 Å². The first-order chi connectivity index (χ1) is 15.9. The van der Waals surface area contributed by atoms with Crippen LogP contribution in [0.4, 0.5) is 5.69 Å². The third-order valence-electron chi connectivity index (χ3n) is 4.87. The van der Waals surface area contributed by atoms with E-state index in [1.54, 1.807) is 50.3 Å². The van der Waals surface area contributed by atoms with Crippen LogP contribution in [0.5, 0.6) is 11.5 Å². The number of ether oxygens (including phenoxy) is 1. The second kappa shape index (κ2) is 9.30. The van der Waals surface area contributed by atoms with Gasteiger partial charge in [0.15, 0.2) is 11.5 Å². The molecule has 0 saturated carbocycles. The summed E-state index contributed by atoms with van der Waals surface area (Å²) in [5.41, 5.74) is 2.34. The van der Waals surface area contributed by atoms with Gasteiger partial charge in [0.2, 0.25) is 0 Å². The number of carbonyl (C=O) groups is 1. The van der Waals surface area contributed by atoms with Crippen LogP contribution in [-0.2, 0) is 14.9 Å². The summed E-state index contributed by atoms with van der Waals surface area (Å²) in [6.45, 7) is 3.86. The summed E-state index contributed by atoms with van der Waals surface area (Å²) in [6.07, 6.45) is 1.70. The van der Waals surface area contributed by atoms with Crippen LogP contribution in [0.1, 0.15) is 19.4 Å². The number of para-hydroxylation sites is 1. The number of carbonyl (C=O) groups excluding carboxylic acids is 1. The largest absolute Gasteiger partial charge is 0.490 e. The van der Waals surface area contributed by atoms with Gasteiger partial charge < -0.3 is 8.92 Å². The minimum atomic E-state index is -4.02. The van der Waals surface area contributed by atoms with Crippen LogP contribution in [0.2, 0.25) is 0 Å². The molecule has 3 aromatic carbocycles. The summed E-state index contributed by atoms with van der Waals surface area (Å²) in [6, 6.07) is 21.9. The Morgan fingerprint density at radius 1 is 0.939 bits per heavy atom. The van der Waals surface area contributed by atoms with Gasteiger partial charge in [0, 0.05) is 0 Å². The van der Waals surface area contributed by atoms with Crippen LogP contribution in [0.3, 0.4) is 0 Å². The Morgan fingerprint density at radius 2 is 1.61 bits per heavy atom. The monoisotopic (exact) mass is 462 g/mol. The van der Waals surface area contributed by atoms with Crippen molar-refractivity contribution in [3.05, 3.63) is 90.0 Å². The predicted octanol–water partition coefficient (Wildman–Crippen LogP) is 4.66. The Bertz CT molecular complexity index is 1330. The Morgan fingerprint density at radius 3 is 2.27 bits per heavy atom. The number of anilines is 1. The molecule has 0 N–H and O–H groups in total. The smallest absolute Gasteiger partial charge is 0.339 e. The van der Waals surface area contributed by atoms with Crippen molar-refractivity contribution in [2.24, 2.45) is 5.10 Å². The zero-order chi connectivity index (χ0) is 23.4. The summed E-state index contributed by atoms with van der Waals surface area (Å²) in [7, 11) is -4.02. The van der Waals surface area contributed by atoms with E-state index in [9.17, 15) is 13.2 Å². The number of hydrogen-bond donors (Lipinski definition) is 0. The highest BCUT2D eigenvalue weighted by Gasteiger charge is 2.28. The van der Waals surface area contributed by atoms with E-state index in [-0.39, 0.29) is 22.3 Å². The minimum Gasteiger partial charge on any atom is -0.490 e. The van der Waals surface area contributed by atoms with Crippen molar-refractivity contribution in [1.82, 2.24) is 0 Å². The molecule has 1 amide bonds. The SMILES string of the molecule is CCOc1cc(/C=C2\C(=O)N(c3ccccc3)N=C2C)ccc1OS(=O)(=O)c1ccccc1. The maximum absolute atomic E-state index is 13.0. The van der Waals surface area contributed by atoms with Gasteiger partial charge in [0.1, 0.15) is 4.90 Å². The lowest BCUT2D eigenvalue weighted by molar-refractivity contribution is -0.114. The molecule has 1 aliphatic heterocycles. The first-order valence-electron chi connectivity index (χ1n) is 10.3. The number of rotatable bonds is 7. The predicted molar refractivity (Wildman–Crippen MR) is 127 cm³/mol. The number of nitrogens with zero attached hydrogens (tertiary/aromatic N) is 2. The topological polar surface area (TPSA) is 85.3 Å². The molecule has 0 atom stereocenters. The van der Waals surface area contributed by atoms with E-state index in [4.69, 9.17) is 8.92 Å². The second-order valence-electron chi connectivity index (χ2n) is 7.19. The molecule has 8 heteroatoms. The van der Waals surface area contributed by atoms with Gasteiger partial charge in [0.25, 0.3) is 5.91 Å². The molecule has 0 spiro atoms. The van der Waals surface area contributed by atoms with Gasteiger partial charge in [-0.2, -0.15) is 18.5 Å². The van der Waals surface area contributed by atoms with E-state index in [1.807, 2.05) is 30.3 Å². The number of benzene rings is 3. The van der Waals surface area contributed by atoms with Crippen LogP contribution in [0.25, 0.3) is 6.08 Å². The standard InChI is InChI=1S/C25H22N2O5S/c1-3-31-24-17-19(14-15-23(24)32-33(29,30)21-12-8-5-9-13-21)16-22-18(2)26-27(25(22)28)20-10-6-4-7-11-20/h4-17H,3H2,1-2H3/b22-16-. The maximum atomic E-state index is 13.0. The number of amides is 1. The number of hydrogen-bond acceptors (Lipinski definition) is 6. The van der Waals surface area contributed by atoms with Gasteiger partial charge in [-0.1, -0.05) is 42.5 Å². The molecule has 0 radical (unpaired) electrons. The number of hydrazone groups is 1. The van der Waals surface area contributed by atoms with E-state index < -0.39 is 10.1 Å². The summed E-state index contributed by atoms with van der Waals surface area (Å²) in [5.74, 6) is 0.0758. The molecule has 4 rings (SSSR count). The highest BCUT2D eigenvalue weighted by Crippen LogP contribution is 2.33. The third kappa shape index (κ3) is 4.80. The molecule has 0 aliphatic carbocycles. The Balaban J connectivity index is 1.63. The molecule has 0 fully saturated rings. The van der Waals surface area contributed by atoms with Crippen molar-refractivity contribution in [3.8, 4) is 11.5 Å². The minimum absolute atomic E-state index is 0.0445. The summed E-state index contributed by atoms with van der Waals surface area (Å²) < 4.78 is 36.2. The second-order valence-corrected chi connectivity index (χ2v) is 8.73. The zero-order valence-corrected chi connectivity index (χ0v) is 19.0. The summed E-state index contributed by atoms with van der Waals surface area (Å²) in [5, 5.41) is 5.73. The lowest BCUT2D eigenvalue weighted by Gasteiger charge is -2.13. The molecule has 33 heavy (non-hydrogen) atoms. The fourth-order valence-electron chi connectivity index (χ4n) is 3.30. The first-order valence-corrected chi connectivity index (χ1v) is 11.7. The fourth-order valence-corrected chi connectivity index (χ4v) is 4.26. The lowest BCUT2D eigenvalue weighted by Crippen LogP contribution is -2.21. The third-order valence-corrected chi connectivity index (χ3v) is 6.12. The molecule has 1 aliphatic rings. The molecule has 7 nitrogen and oxygen atoms in total. The molecule has 1 heterocycles.